The van der Waals surface area contributed by atoms with Gasteiger partial charge < -0.3 is 14.8 Å². The second-order valence-electron chi connectivity index (χ2n) is 8.97. The monoisotopic (exact) mass is 500 g/mol. The lowest BCUT2D eigenvalue weighted by Crippen LogP contribution is -2.34. The highest BCUT2D eigenvalue weighted by Crippen LogP contribution is 2.30. The zero-order valence-electron chi connectivity index (χ0n) is 20.0. The summed E-state index contributed by atoms with van der Waals surface area (Å²) in [7, 11) is -2.45. The van der Waals surface area contributed by atoms with Crippen LogP contribution < -0.4 is 10.1 Å². The number of carbonyl (C=O) groups excluding carboxylic acids is 2. The molecule has 0 spiro atoms. The Hall–Kier alpha value is -2.91. The number of hydrogen-bond donors (Lipinski definition) is 1. The number of fused-ring (bicyclic) bond motifs is 1. The van der Waals surface area contributed by atoms with Crippen molar-refractivity contribution in [1.82, 2.24) is 9.62 Å². The number of carbonyl (C=O) groups is 2. The van der Waals surface area contributed by atoms with Crippen molar-refractivity contribution in [2.75, 3.05) is 26.8 Å². The molecule has 0 radical (unpaired) electrons. The van der Waals surface area contributed by atoms with Gasteiger partial charge >= 0.3 is 5.97 Å². The van der Waals surface area contributed by atoms with E-state index in [2.05, 4.69) is 11.4 Å². The minimum Gasteiger partial charge on any atom is -0.495 e. The van der Waals surface area contributed by atoms with E-state index in [4.69, 9.17) is 9.47 Å². The molecule has 1 fully saturated rings. The number of nitrogens with zero attached hydrogens (tertiary/aromatic N) is 1. The van der Waals surface area contributed by atoms with Crippen molar-refractivity contribution in [3.05, 3.63) is 59.2 Å². The Balaban J connectivity index is 1.43. The molecule has 1 aliphatic carbocycles. The zero-order chi connectivity index (χ0) is 24.8. The van der Waals surface area contributed by atoms with Crippen LogP contribution in [0.15, 0.2) is 47.4 Å². The topological polar surface area (TPSA) is 102 Å². The molecule has 1 heterocycles. The average Bonchev–Trinajstić information content (AvgIpc) is 3.17. The summed E-state index contributed by atoms with van der Waals surface area (Å²) >= 11 is 0. The minimum absolute atomic E-state index is 0.0509. The molecule has 1 amide bonds. The van der Waals surface area contributed by atoms with E-state index in [-0.39, 0.29) is 22.3 Å². The van der Waals surface area contributed by atoms with Gasteiger partial charge in [-0.1, -0.05) is 37.1 Å². The van der Waals surface area contributed by atoms with Crippen LogP contribution in [-0.2, 0) is 26.0 Å². The second kappa shape index (κ2) is 11.2. The van der Waals surface area contributed by atoms with Gasteiger partial charge in [-0.3, -0.25) is 4.79 Å². The summed E-state index contributed by atoms with van der Waals surface area (Å²) in [5.41, 5.74) is 2.37. The third-order valence-electron chi connectivity index (χ3n) is 6.62. The van der Waals surface area contributed by atoms with Crippen LogP contribution in [0.3, 0.4) is 0 Å². The van der Waals surface area contributed by atoms with Crippen LogP contribution >= 0.6 is 0 Å². The molecule has 8 nitrogen and oxygen atoms in total. The predicted molar refractivity (Wildman–Crippen MR) is 131 cm³/mol. The van der Waals surface area contributed by atoms with Crippen LogP contribution in [-0.4, -0.2) is 51.4 Å². The quantitative estimate of drug-likeness (QED) is 0.583. The highest BCUT2D eigenvalue weighted by atomic mass is 32.2. The van der Waals surface area contributed by atoms with Crippen LogP contribution in [0.5, 0.6) is 5.75 Å². The van der Waals surface area contributed by atoms with Crippen molar-refractivity contribution in [2.45, 2.75) is 55.9 Å². The fourth-order valence-electron chi connectivity index (χ4n) is 4.78. The molecule has 1 unspecified atom stereocenters. The van der Waals surface area contributed by atoms with E-state index in [0.717, 1.165) is 50.5 Å². The number of ether oxygens (including phenoxy) is 2. The Morgan fingerprint density at radius 2 is 1.77 bits per heavy atom. The first-order chi connectivity index (χ1) is 16.9. The minimum atomic E-state index is -3.84. The molecule has 1 saturated heterocycles. The zero-order valence-corrected chi connectivity index (χ0v) is 20.8. The third kappa shape index (κ3) is 5.85. The molecule has 2 aromatic carbocycles. The molecule has 0 aromatic heterocycles. The maximum absolute atomic E-state index is 13.3. The molecular formula is C26H32N2O6S. The van der Waals surface area contributed by atoms with Crippen LogP contribution in [0.25, 0.3) is 0 Å². The van der Waals surface area contributed by atoms with E-state index in [1.165, 1.54) is 35.2 Å². The van der Waals surface area contributed by atoms with E-state index in [1.807, 2.05) is 18.2 Å². The number of aryl methyl sites for hydroxylation is 1. The molecule has 0 bridgehead atoms. The van der Waals surface area contributed by atoms with Crippen molar-refractivity contribution in [3.63, 3.8) is 0 Å². The molecule has 1 atom stereocenters. The van der Waals surface area contributed by atoms with Crippen molar-refractivity contribution < 1.29 is 27.5 Å². The molecule has 2 aromatic rings. The van der Waals surface area contributed by atoms with Crippen molar-refractivity contribution in [2.24, 2.45) is 0 Å². The van der Waals surface area contributed by atoms with E-state index in [1.54, 1.807) is 0 Å². The number of benzene rings is 2. The largest absolute Gasteiger partial charge is 0.495 e. The molecule has 9 heteroatoms. The van der Waals surface area contributed by atoms with Crippen LogP contribution in [0.1, 0.15) is 66.1 Å². The summed E-state index contributed by atoms with van der Waals surface area (Å²) in [6, 6.07) is 12.1. The summed E-state index contributed by atoms with van der Waals surface area (Å²) < 4.78 is 38.6. The number of sulfonamides is 1. The Morgan fingerprint density at radius 3 is 2.51 bits per heavy atom. The first kappa shape index (κ1) is 25.2. The summed E-state index contributed by atoms with van der Waals surface area (Å²) in [5, 5.41) is 2.95. The van der Waals surface area contributed by atoms with E-state index >= 15 is 0 Å². The SMILES string of the molecule is COc1ccc(C(=O)OCC(=O)NC2CCCc3ccccc32)cc1S(=O)(=O)N1CCCCCC1. The average molecular weight is 501 g/mol. The van der Waals surface area contributed by atoms with Gasteiger partial charge in [-0.2, -0.15) is 4.31 Å². The van der Waals surface area contributed by atoms with Gasteiger partial charge in [0.15, 0.2) is 6.61 Å². The number of rotatable bonds is 7. The number of methoxy groups -OCH3 is 1. The molecule has 1 aliphatic heterocycles. The van der Waals surface area contributed by atoms with Gasteiger partial charge in [0, 0.05) is 13.1 Å². The molecule has 2 aliphatic rings. The standard InChI is InChI=1S/C26H32N2O6S/c1-33-23-14-13-20(17-24(23)35(31,32)28-15-6-2-3-7-16-28)26(30)34-18-25(29)27-22-12-8-10-19-9-4-5-11-21(19)22/h4-5,9,11,13-14,17,22H,2-3,6-8,10,12,15-16,18H2,1H3,(H,27,29). The molecule has 1 N–H and O–H groups in total. The third-order valence-corrected chi connectivity index (χ3v) is 8.54. The molecular weight excluding hydrogens is 468 g/mol. The van der Waals surface area contributed by atoms with Crippen LogP contribution in [0.2, 0.25) is 0 Å². The Kier molecular flexibility index (Phi) is 8.07. The van der Waals surface area contributed by atoms with Gasteiger partial charge in [0.25, 0.3) is 5.91 Å². The first-order valence-corrected chi connectivity index (χ1v) is 13.6. The van der Waals surface area contributed by atoms with Crippen LogP contribution in [0.4, 0.5) is 0 Å². The number of nitrogens with one attached hydrogen (secondary N) is 1. The number of hydrogen-bond acceptors (Lipinski definition) is 6. The molecule has 35 heavy (non-hydrogen) atoms. The second-order valence-corrected chi connectivity index (χ2v) is 10.9. The van der Waals surface area contributed by atoms with Gasteiger partial charge in [-0.25, -0.2) is 13.2 Å². The number of amides is 1. The Bertz CT molecular complexity index is 1170. The number of esters is 1. The maximum Gasteiger partial charge on any atom is 0.338 e. The summed E-state index contributed by atoms with van der Waals surface area (Å²) in [6.07, 6.45) is 6.36. The maximum atomic E-state index is 13.3. The van der Waals surface area contributed by atoms with Gasteiger partial charge in [0.05, 0.1) is 18.7 Å². The van der Waals surface area contributed by atoms with Crippen LogP contribution in [0, 0.1) is 0 Å². The molecule has 0 saturated carbocycles. The lowest BCUT2D eigenvalue weighted by atomic mass is 9.88. The normalized spacial score (nSPS) is 18.7. The van der Waals surface area contributed by atoms with Crippen molar-refractivity contribution in [3.8, 4) is 5.75 Å². The first-order valence-electron chi connectivity index (χ1n) is 12.1. The highest BCUT2D eigenvalue weighted by molar-refractivity contribution is 7.89. The fourth-order valence-corrected chi connectivity index (χ4v) is 6.48. The smallest absolute Gasteiger partial charge is 0.338 e. The van der Waals surface area contributed by atoms with Gasteiger partial charge in [0.2, 0.25) is 10.0 Å². The summed E-state index contributed by atoms with van der Waals surface area (Å²) in [4.78, 5) is 25.1. The predicted octanol–water partition coefficient (Wildman–Crippen LogP) is 3.61. The fraction of sp³-hybridized carbons (Fsp3) is 0.462. The van der Waals surface area contributed by atoms with Crippen molar-refractivity contribution >= 4 is 21.9 Å². The summed E-state index contributed by atoms with van der Waals surface area (Å²) in [5.74, 6) is -0.996. The van der Waals surface area contributed by atoms with Gasteiger partial charge in [-0.05, 0) is 61.4 Å². The summed E-state index contributed by atoms with van der Waals surface area (Å²) in [6.45, 7) is 0.424. The highest BCUT2D eigenvalue weighted by Gasteiger charge is 2.29. The molecule has 4 rings (SSSR count). The van der Waals surface area contributed by atoms with E-state index in [9.17, 15) is 18.0 Å². The van der Waals surface area contributed by atoms with Gasteiger partial charge in [0.1, 0.15) is 10.6 Å². The lowest BCUT2D eigenvalue weighted by molar-refractivity contribution is -0.125. The molecule has 188 valence electrons. The lowest BCUT2D eigenvalue weighted by Gasteiger charge is -2.26. The van der Waals surface area contributed by atoms with Gasteiger partial charge in [-0.15, -0.1) is 0 Å². The van der Waals surface area contributed by atoms with Crippen molar-refractivity contribution in [1.29, 1.82) is 0 Å². The van der Waals surface area contributed by atoms with E-state index < -0.39 is 28.5 Å². The Labute approximate surface area is 206 Å². The van der Waals surface area contributed by atoms with E-state index in [0.29, 0.717) is 13.1 Å². The Morgan fingerprint density at radius 1 is 1.03 bits per heavy atom.